The van der Waals surface area contributed by atoms with E-state index in [-0.39, 0.29) is 5.95 Å². The van der Waals surface area contributed by atoms with Gasteiger partial charge in [-0.05, 0) is 6.08 Å². The van der Waals surface area contributed by atoms with Crippen LogP contribution < -0.4 is 11.5 Å². The predicted octanol–water partition coefficient (Wildman–Crippen LogP) is 0.142. The minimum absolute atomic E-state index is 0.192. The quantitative estimate of drug-likeness (QED) is 0.569. The zero-order valence-electron chi connectivity index (χ0n) is 6.32. The van der Waals surface area contributed by atoms with Gasteiger partial charge in [0, 0.05) is 0 Å². The van der Waals surface area contributed by atoms with Crippen LogP contribution in [0.5, 0.6) is 0 Å². The normalized spacial score (nSPS) is 13.7. The van der Waals surface area contributed by atoms with Crippen LogP contribution >= 0.6 is 0 Å². The summed E-state index contributed by atoms with van der Waals surface area (Å²) < 4.78 is 5.04. The molecule has 12 heavy (non-hydrogen) atoms. The molecule has 0 atom stereocenters. The van der Waals surface area contributed by atoms with Crippen LogP contribution in [-0.2, 0) is 11.3 Å². The van der Waals surface area contributed by atoms with Crippen molar-refractivity contribution in [2.45, 2.75) is 6.61 Å². The number of nitrogens with two attached hydrogens (primary N) is 2. The van der Waals surface area contributed by atoms with Gasteiger partial charge in [0.05, 0.1) is 17.5 Å². The van der Waals surface area contributed by atoms with Gasteiger partial charge >= 0.3 is 0 Å². The van der Waals surface area contributed by atoms with Crippen molar-refractivity contribution in [3.63, 3.8) is 0 Å². The minimum atomic E-state index is 0.192. The van der Waals surface area contributed by atoms with E-state index in [0.717, 1.165) is 11.3 Å². The maximum Gasteiger partial charge on any atom is 0.222 e. The third kappa shape index (κ3) is 0.952. The molecule has 0 amide bonds. The van der Waals surface area contributed by atoms with Crippen LogP contribution in [0, 0.1) is 0 Å². The van der Waals surface area contributed by atoms with E-state index in [1.54, 1.807) is 12.3 Å². The van der Waals surface area contributed by atoms with Gasteiger partial charge in [-0.1, -0.05) is 0 Å². The highest BCUT2D eigenvalue weighted by Gasteiger charge is 2.11. The Morgan fingerprint density at radius 1 is 1.33 bits per heavy atom. The number of hydrogen-bond acceptors (Lipinski definition) is 5. The maximum absolute atomic E-state index is 5.60. The van der Waals surface area contributed by atoms with E-state index in [1.165, 1.54) is 0 Å². The molecule has 0 radical (unpaired) electrons. The van der Waals surface area contributed by atoms with E-state index in [0.29, 0.717) is 12.4 Å². The monoisotopic (exact) mass is 164 g/mol. The molecule has 1 aromatic rings. The summed E-state index contributed by atoms with van der Waals surface area (Å²) >= 11 is 0. The molecule has 0 aliphatic carbocycles. The molecule has 0 bridgehead atoms. The Morgan fingerprint density at radius 3 is 3.00 bits per heavy atom. The van der Waals surface area contributed by atoms with E-state index >= 15 is 0 Å². The van der Waals surface area contributed by atoms with Gasteiger partial charge in [0.1, 0.15) is 12.4 Å². The summed E-state index contributed by atoms with van der Waals surface area (Å²) in [6, 6.07) is 0. The maximum atomic E-state index is 5.60. The summed E-state index contributed by atoms with van der Waals surface area (Å²) in [6.45, 7) is 0.415. The number of nitrogen functional groups attached to an aromatic ring is 2. The van der Waals surface area contributed by atoms with Gasteiger partial charge in [-0.3, -0.25) is 0 Å². The Labute approximate surface area is 69.1 Å². The van der Waals surface area contributed by atoms with E-state index in [1.807, 2.05) is 0 Å². The topological polar surface area (TPSA) is 87.0 Å². The molecule has 62 valence electrons. The fraction of sp³-hybridized carbons (Fsp3) is 0.143. The highest BCUT2D eigenvalue weighted by molar-refractivity contribution is 5.58. The standard InChI is InChI=1S/C7H8N4O/c8-6-4-3-12-2-1-5(4)10-7(9)11-6/h1-2H,3H2,(H4,8,9,10,11). The molecule has 0 spiro atoms. The molecule has 0 saturated carbocycles. The second-order valence-corrected chi connectivity index (χ2v) is 2.44. The summed E-state index contributed by atoms with van der Waals surface area (Å²) in [7, 11) is 0. The number of nitrogens with zero attached hydrogens (tertiary/aromatic N) is 2. The predicted molar refractivity (Wildman–Crippen MR) is 44.7 cm³/mol. The number of rotatable bonds is 0. The molecule has 1 aromatic heterocycles. The molecule has 0 fully saturated rings. The molecule has 4 N–H and O–H groups in total. The highest BCUT2D eigenvalue weighted by Crippen LogP contribution is 2.20. The summed E-state index contributed by atoms with van der Waals surface area (Å²) in [6.07, 6.45) is 3.28. The van der Waals surface area contributed by atoms with Gasteiger partial charge in [0.25, 0.3) is 0 Å². The molecule has 5 heteroatoms. The van der Waals surface area contributed by atoms with Gasteiger partial charge in [-0.2, -0.15) is 4.98 Å². The molecule has 0 unspecified atom stereocenters. The first-order valence-electron chi connectivity index (χ1n) is 3.47. The van der Waals surface area contributed by atoms with Crippen LogP contribution in [0.4, 0.5) is 11.8 Å². The van der Waals surface area contributed by atoms with Crippen molar-refractivity contribution in [2.24, 2.45) is 0 Å². The van der Waals surface area contributed by atoms with Gasteiger partial charge in [0.2, 0.25) is 5.95 Å². The molecule has 0 aromatic carbocycles. The summed E-state index contributed by atoms with van der Waals surface area (Å²) in [4.78, 5) is 7.81. The number of anilines is 2. The van der Waals surface area contributed by atoms with Gasteiger partial charge in [0.15, 0.2) is 0 Å². The molecular formula is C7H8N4O. The molecule has 2 rings (SSSR count). The number of ether oxygens (including phenoxy) is 1. The first kappa shape index (κ1) is 6.90. The van der Waals surface area contributed by atoms with Crippen LogP contribution in [0.15, 0.2) is 6.26 Å². The third-order valence-corrected chi connectivity index (χ3v) is 1.64. The Morgan fingerprint density at radius 2 is 2.17 bits per heavy atom. The van der Waals surface area contributed by atoms with Crippen LogP contribution in [0.2, 0.25) is 0 Å². The number of hydrogen-bond donors (Lipinski definition) is 2. The van der Waals surface area contributed by atoms with E-state index in [4.69, 9.17) is 16.2 Å². The Kier molecular flexibility index (Phi) is 1.36. The summed E-state index contributed by atoms with van der Waals surface area (Å²) in [5.41, 5.74) is 12.5. The lowest BCUT2D eigenvalue weighted by Gasteiger charge is -2.12. The van der Waals surface area contributed by atoms with Crippen LogP contribution in [-0.4, -0.2) is 9.97 Å². The lowest BCUT2D eigenvalue weighted by Crippen LogP contribution is -2.09. The third-order valence-electron chi connectivity index (χ3n) is 1.64. The average molecular weight is 164 g/mol. The first-order valence-corrected chi connectivity index (χ1v) is 3.47. The molecule has 5 nitrogen and oxygen atoms in total. The van der Waals surface area contributed by atoms with Crippen LogP contribution in [0.1, 0.15) is 11.3 Å². The average Bonchev–Trinajstić information content (AvgIpc) is 2.04. The molecule has 0 saturated heterocycles. The van der Waals surface area contributed by atoms with Gasteiger partial charge < -0.3 is 16.2 Å². The number of aromatic nitrogens is 2. The highest BCUT2D eigenvalue weighted by atomic mass is 16.5. The zero-order chi connectivity index (χ0) is 8.55. The smallest absolute Gasteiger partial charge is 0.222 e. The summed E-state index contributed by atoms with van der Waals surface area (Å²) in [5, 5.41) is 0. The fourth-order valence-corrected chi connectivity index (χ4v) is 1.07. The largest absolute Gasteiger partial charge is 0.496 e. The first-order chi connectivity index (χ1) is 5.77. The molecule has 2 heterocycles. The lowest BCUT2D eigenvalue weighted by atomic mass is 10.2. The van der Waals surface area contributed by atoms with Crippen molar-refractivity contribution >= 4 is 17.8 Å². The Bertz CT molecular complexity index is 348. The number of fused-ring (bicyclic) bond motifs is 1. The van der Waals surface area contributed by atoms with E-state index in [9.17, 15) is 0 Å². The van der Waals surface area contributed by atoms with Crippen molar-refractivity contribution < 1.29 is 4.74 Å². The van der Waals surface area contributed by atoms with Crippen molar-refractivity contribution in [3.8, 4) is 0 Å². The van der Waals surface area contributed by atoms with Crippen molar-refractivity contribution in [3.05, 3.63) is 17.5 Å². The minimum Gasteiger partial charge on any atom is -0.496 e. The van der Waals surface area contributed by atoms with E-state index < -0.39 is 0 Å². The second kappa shape index (κ2) is 2.37. The van der Waals surface area contributed by atoms with Gasteiger partial charge in [-0.25, -0.2) is 4.98 Å². The Hall–Kier alpha value is -1.78. The van der Waals surface area contributed by atoms with E-state index in [2.05, 4.69) is 9.97 Å². The second-order valence-electron chi connectivity index (χ2n) is 2.44. The van der Waals surface area contributed by atoms with Crippen LogP contribution in [0.25, 0.3) is 6.08 Å². The molecule has 1 aliphatic rings. The summed E-state index contributed by atoms with van der Waals surface area (Å²) in [5.74, 6) is 0.583. The fourth-order valence-electron chi connectivity index (χ4n) is 1.07. The van der Waals surface area contributed by atoms with Crippen molar-refractivity contribution in [1.29, 1.82) is 0 Å². The van der Waals surface area contributed by atoms with Crippen LogP contribution in [0.3, 0.4) is 0 Å². The molecule has 1 aliphatic heterocycles. The zero-order valence-corrected chi connectivity index (χ0v) is 6.32. The van der Waals surface area contributed by atoms with Gasteiger partial charge in [-0.15, -0.1) is 0 Å². The van der Waals surface area contributed by atoms with Crippen molar-refractivity contribution in [1.82, 2.24) is 9.97 Å². The van der Waals surface area contributed by atoms with Crippen molar-refractivity contribution in [2.75, 3.05) is 11.5 Å². The lowest BCUT2D eigenvalue weighted by molar-refractivity contribution is 0.234. The Balaban J connectivity index is 2.62. The molecular weight excluding hydrogens is 156 g/mol. The SMILES string of the molecule is Nc1nc(N)c2c(n1)C=COC2.